The molecule has 19 heavy (non-hydrogen) atoms. The maximum absolute atomic E-state index is 12.0. The van der Waals surface area contributed by atoms with E-state index in [1.54, 1.807) is 6.07 Å². The van der Waals surface area contributed by atoms with Crippen LogP contribution in [0.3, 0.4) is 0 Å². The predicted octanol–water partition coefficient (Wildman–Crippen LogP) is 3.57. The molecule has 0 aliphatic heterocycles. The van der Waals surface area contributed by atoms with Gasteiger partial charge >= 0.3 is 0 Å². The minimum Gasteiger partial charge on any atom is -0.507 e. The van der Waals surface area contributed by atoms with Crippen molar-refractivity contribution in [2.45, 2.75) is 31.1 Å². The molecule has 2 atom stereocenters. The standard InChI is InChI=1S/C14H17Cl2NO2/c15-10-5-6-11(13(18)7-10)14(19)17-8-9-3-1-2-4-12(9)16/h5-7,9,12,18H,1-4,8H2,(H,17,19). The second-order valence-corrected chi connectivity index (χ2v) is 5.93. The highest BCUT2D eigenvalue weighted by Crippen LogP contribution is 2.28. The SMILES string of the molecule is O=C(NCC1CCCCC1Cl)c1ccc(Cl)cc1O. The lowest BCUT2D eigenvalue weighted by Gasteiger charge is -2.27. The average molecular weight is 302 g/mol. The molecule has 2 rings (SSSR count). The van der Waals surface area contributed by atoms with E-state index >= 15 is 0 Å². The normalized spacial score (nSPS) is 23.1. The fourth-order valence-electron chi connectivity index (χ4n) is 2.41. The zero-order valence-corrected chi connectivity index (χ0v) is 12.0. The van der Waals surface area contributed by atoms with Crippen molar-refractivity contribution in [2.24, 2.45) is 5.92 Å². The van der Waals surface area contributed by atoms with Crippen LogP contribution in [-0.2, 0) is 0 Å². The number of phenols is 1. The molecule has 0 heterocycles. The number of hydrogen-bond donors (Lipinski definition) is 2. The van der Waals surface area contributed by atoms with Crippen LogP contribution < -0.4 is 5.32 Å². The first-order valence-electron chi connectivity index (χ1n) is 6.48. The third-order valence-electron chi connectivity index (χ3n) is 3.55. The van der Waals surface area contributed by atoms with E-state index in [1.807, 2.05) is 0 Å². The summed E-state index contributed by atoms with van der Waals surface area (Å²) in [5.74, 6) is -0.0755. The Morgan fingerprint density at radius 1 is 1.37 bits per heavy atom. The lowest BCUT2D eigenvalue weighted by molar-refractivity contribution is 0.0941. The molecular weight excluding hydrogens is 285 g/mol. The van der Waals surface area contributed by atoms with Gasteiger partial charge in [0, 0.05) is 16.9 Å². The van der Waals surface area contributed by atoms with E-state index in [9.17, 15) is 9.90 Å². The van der Waals surface area contributed by atoms with Crippen LogP contribution in [0.15, 0.2) is 18.2 Å². The Morgan fingerprint density at radius 3 is 2.79 bits per heavy atom. The fourth-order valence-corrected chi connectivity index (χ4v) is 2.94. The lowest BCUT2D eigenvalue weighted by Crippen LogP contribution is -2.34. The highest BCUT2D eigenvalue weighted by atomic mass is 35.5. The number of benzene rings is 1. The van der Waals surface area contributed by atoms with Crippen LogP contribution in [0.1, 0.15) is 36.0 Å². The van der Waals surface area contributed by atoms with Gasteiger partial charge in [-0.3, -0.25) is 4.79 Å². The van der Waals surface area contributed by atoms with Crippen molar-refractivity contribution in [3.8, 4) is 5.75 Å². The van der Waals surface area contributed by atoms with E-state index in [0.29, 0.717) is 17.5 Å². The largest absolute Gasteiger partial charge is 0.507 e. The molecule has 0 saturated heterocycles. The molecule has 0 radical (unpaired) electrons. The molecule has 1 aromatic rings. The van der Waals surface area contributed by atoms with Crippen molar-refractivity contribution in [2.75, 3.05) is 6.54 Å². The Bertz CT molecular complexity index is 465. The zero-order chi connectivity index (χ0) is 13.8. The highest BCUT2D eigenvalue weighted by molar-refractivity contribution is 6.30. The molecule has 2 unspecified atom stereocenters. The summed E-state index contributed by atoms with van der Waals surface area (Å²) in [7, 11) is 0. The van der Waals surface area contributed by atoms with E-state index in [2.05, 4.69) is 5.32 Å². The fraction of sp³-hybridized carbons (Fsp3) is 0.500. The van der Waals surface area contributed by atoms with E-state index in [-0.39, 0.29) is 22.6 Å². The van der Waals surface area contributed by atoms with E-state index < -0.39 is 0 Å². The van der Waals surface area contributed by atoms with Crippen LogP contribution in [0.25, 0.3) is 0 Å². The van der Waals surface area contributed by atoms with Gasteiger partial charge in [0.2, 0.25) is 0 Å². The van der Waals surface area contributed by atoms with Gasteiger partial charge in [-0.05, 0) is 37.0 Å². The maximum Gasteiger partial charge on any atom is 0.255 e. The first-order valence-corrected chi connectivity index (χ1v) is 7.30. The summed E-state index contributed by atoms with van der Waals surface area (Å²) >= 11 is 12.0. The third-order valence-corrected chi connectivity index (χ3v) is 4.36. The molecule has 0 aromatic heterocycles. The molecule has 0 spiro atoms. The Kier molecular flexibility index (Phi) is 4.94. The van der Waals surface area contributed by atoms with Gasteiger partial charge in [0.25, 0.3) is 5.91 Å². The predicted molar refractivity (Wildman–Crippen MR) is 77.0 cm³/mol. The van der Waals surface area contributed by atoms with E-state index in [0.717, 1.165) is 25.7 Å². The third kappa shape index (κ3) is 3.77. The number of alkyl halides is 1. The minimum atomic E-state index is -0.288. The van der Waals surface area contributed by atoms with Gasteiger partial charge < -0.3 is 10.4 Å². The van der Waals surface area contributed by atoms with Crippen LogP contribution in [0.2, 0.25) is 5.02 Å². The van der Waals surface area contributed by atoms with Crippen LogP contribution >= 0.6 is 23.2 Å². The molecule has 1 fully saturated rings. The van der Waals surface area contributed by atoms with Crippen molar-refractivity contribution in [3.63, 3.8) is 0 Å². The molecule has 1 aliphatic rings. The van der Waals surface area contributed by atoms with Crippen molar-refractivity contribution in [1.29, 1.82) is 0 Å². The lowest BCUT2D eigenvalue weighted by atomic mass is 9.88. The number of nitrogens with one attached hydrogen (secondary N) is 1. The van der Waals surface area contributed by atoms with Gasteiger partial charge in [0.05, 0.1) is 5.56 Å². The van der Waals surface area contributed by atoms with Crippen LogP contribution in [0, 0.1) is 5.92 Å². The molecule has 1 aromatic carbocycles. The monoisotopic (exact) mass is 301 g/mol. The number of halogens is 2. The summed E-state index contributed by atoms with van der Waals surface area (Å²) in [6, 6.07) is 4.47. The number of aromatic hydroxyl groups is 1. The number of hydrogen-bond acceptors (Lipinski definition) is 2. The molecule has 1 amide bonds. The number of carbonyl (C=O) groups excluding carboxylic acids is 1. The molecule has 2 N–H and O–H groups in total. The minimum absolute atomic E-state index is 0.101. The second kappa shape index (κ2) is 6.49. The Labute approximate surface area is 122 Å². The summed E-state index contributed by atoms with van der Waals surface area (Å²) in [4.78, 5) is 12.0. The van der Waals surface area contributed by atoms with Crippen molar-refractivity contribution in [3.05, 3.63) is 28.8 Å². The smallest absolute Gasteiger partial charge is 0.255 e. The average Bonchev–Trinajstić information content (AvgIpc) is 2.37. The second-order valence-electron chi connectivity index (χ2n) is 4.93. The summed E-state index contributed by atoms with van der Waals surface area (Å²) in [6.07, 6.45) is 4.38. The van der Waals surface area contributed by atoms with Gasteiger partial charge in [-0.2, -0.15) is 0 Å². The van der Waals surface area contributed by atoms with E-state index in [4.69, 9.17) is 23.2 Å². The number of amides is 1. The van der Waals surface area contributed by atoms with Gasteiger partial charge in [0.15, 0.2) is 0 Å². The quantitative estimate of drug-likeness (QED) is 0.839. The summed E-state index contributed by atoms with van der Waals surface area (Å²) in [5, 5.41) is 13.0. The van der Waals surface area contributed by atoms with Crippen molar-refractivity contribution >= 4 is 29.1 Å². The Balaban J connectivity index is 1.93. The molecule has 3 nitrogen and oxygen atoms in total. The maximum atomic E-state index is 12.0. The first-order chi connectivity index (χ1) is 9.08. The molecule has 104 valence electrons. The van der Waals surface area contributed by atoms with Crippen molar-refractivity contribution in [1.82, 2.24) is 5.32 Å². The van der Waals surface area contributed by atoms with Crippen molar-refractivity contribution < 1.29 is 9.90 Å². The molecule has 1 saturated carbocycles. The Morgan fingerprint density at radius 2 is 2.11 bits per heavy atom. The topological polar surface area (TPSA) is 49.3 Å². The van der Waals surface area contributed by atoms with Crippen LogP contribution in [-0.4, -0.2) is 22.9 Å². The van der Waals surface area contributed by atoms with Gasteiger partial charge in [-0.1, -0.05) is 24.4 Å². The van der Waals surface area contributed by atoms with E-state index in [1.165, 1.54) is 12.1 Å². The molecule has 5 heteroatoms. The molecule has 0 bridgehead atoms. The summed E-state index contributed by atoms with van der Waals surface area (Å²) in [6.45, 7) is 0.551. The first kappa shape index (κ1) is 14.5. The number of phenolic OH excluding ortho intramolecular Hbond substituents is 1. The van der Waals surface area contributed by atoms with Crippen LogP contribution in [0.4, 0.5) is 0 Å². The van der Waals surface area contributed by atoms with Gasteiger partial charge in [-0.15, -0.1) is 11.6 Å². The molecular formula is C14H17Cl2NO2. The summed E-state index contributed by atoms with van der Waals surface area (Å²) in [5.41, 5.74) is 0.242. The number of carbonyl (C=O) groups is 1. The van der Waals surface area contributed by atoms with Gasteiger partial charge in [0.1, 0.15) is 5.75 Å². The molecule has 1 aliphatic carbocycles. The Hall–Kier alpha value is -0.930. The zero-order valence-electron chi connectivity index (χ0n) is 10.5. The number of rotatable bonds is 3. The highest BCUT2D eigenvalue weighted by Gasteiger charge is 2.23. The summed E-state index contributed by atoms with van der Waals surface area (Å²) < 4.78 is 0. The van der Waals surface area contributed by atoms with Gasteiger partial charge in [-0.25, -0.2) is 0 Å². The van der Waals surface area contributed by atoms with Crippen LogP contribution in [0.5, 0.6) is 5.75 Å².